The Bertz CT molecular complexity index is 772. The van der Waals surface area contributed by atoms with Crippen LogP contribution < -0.4 is 15.4 Å². The summed E-state index contributed by atoms with van der Waals surface area (Å²) in [6.45, 7) is 1.64. The van der Waals surface area contributed by atoms with Crippen LogP contribution in [-0.2, 0) is 0 Å². The summed E-state index contributed by atoms with van der Waals surface area (Å²) < 4.78 is 81.7. The highest BCUT2D eigenvalue weighted by Gasteiger charge is 2.38. The SMILES string of the molecule is COc1cccc(-c2nc(N[C@H](C)C(F)(F)F)nc(N[C@H](C)C(F)(F)F)n2)n1. The summed E-state index contributed by atoms with van der Waals surface area (Å²) in [5.41, 5.74) is 0.0761. The fourth-order valence-corrected chi connectivity index (χ4v) is 1.82. The number of rotatable bonds is 6. The highest BCUT2D eigenvalue weighted by molar-refractivity contribution is 5.54. The van der Waals surface area contributed by atoms with E-state index in [0.717, 1.165) is 13.8 Å². The van der Waals surface area contributed by atoms with Crippen LogP contribution in [0.25, 0.3) is 11.5 Å². The van der Waals surface area contributed by atoms with Gasteiger partial charge in [-0.25, -0.2) is 4.98 Å². The second kappa shape index (κ2) is 8.02. The number of halogens is 6. The molecule has 0 radical (unpaired) electrons. The van der Waals surface area contributed by atoms with Crippen molar-refractivity contribution in [3.8, 4) is 17.4 Å². The van der Waals surface area contributed by atoms with Gasteiger partial charge in [-0.15, -0.1) is 0 Å². The van der Waals surface area contributed by atoms with Gasteiger partial charge in [0.1, 0.15) is 17.8 Å². The molecule has 0 aliphatic rings. The molecule has 2 rings (SSSR count). The van der Waals surface area contributed by atoms with E-state index < -0.39 is 36.3 Å². The Labute approximate surface area is 155 Å². The first kappa shape index (κ1) is 21.4. The van der Waals surface area contributed by atoms with Crippen LogP contribution in [0, 0.1) is 0 Å². The Morgan fingerprint density at radius 1 is 0.821 bits per heavy atom. The minimum atomic E-state index is -4.62. The average Bonchev–Trinajstić information content (AvgIpc) is 2.60. The number of anilines is 2. The number of pyridine rings is 1. The Hall–Kier alpha value is -2.86. The van der Waals surface area contributed by atoms with Crippen molar-refractivity contribution >= 4 is 11.9 Å². The third kappa shape index (κ3) is 5.57. The van der Waals surface area contributed by atoms with E-state index >= 15 is 0 Å². The molecule has 2 N–H and O–H groups in total. The first-order chi connectivity index (χ1) is 12.9. The molecule has 2 atom stereocenters. The van der Waals surface area contributed by atoms with Crippen LogP contribution in [0.1, 0.15) is 13.8 Å². The highest BCUT2D eigenvalue weighted by atomic mass is 19.4. The standard InChI is InChI=1S/C15H16F6N6O/c1-7(14(16,17)18)22-12-25-11(9-5-4-6-10(24-9)28-3)26-13(27-12)23-8(2)15(19,20)21/h4-8H,1-3H3,(H2,22,23,25,26,27)/t7-,8-/m1/s1. The van der Waals surface area contributed by atoms with Gasteiger partial charge in [-0.2, -0.15) is 41.3 Å². The van der Waals surface area contributed by atoms with Crippen molar-refractivity contribution in [3.05, 3.63) is 18.2 Å². The largest absolute Gasteiger partial charge is 0.481 e. The number of nitrogens with one attached hydrogen (secondary N) is 2. The van der Waals surface area contributed by atoms with Crippen LogP contribution in [-0.4, -0.2) is 51.5 Å². The first-order valence-electron chi connectivity index (χ1n) is 7.84. The molecular weight excluding hydrogens is 394 g/mol. The molecule has 0 unspecified atom stereocenters. The summed E-state index contributed by atoms with van der Waals surface area (Å²) in [4.78, 5) is 15.3. The van der Waals surface area contributed by atoms with Gasteiger partial charge in [-0.3, -0.25) is 0 Å². The van der Waals surface area contributed by atoms with E-state index in [1.807, 2.05) is 10.6 Å². The number of methoxy groups -OCH3 is 1. The molecule has 7 nitrogen and oxygen atoms in total. The second-order valence-corrected chi connectivity index (χ2v) is 5.69. The van der Waals surface area contributed by atoms with Crippen LogP contribution in [0.2, 0.25) is 0 Å². The normalized spacial score (nSPS) is 14.3. The predicted octanol–water partition coefficient (Wildman–Crippen LogP) is 3.67. The smallest absolute Gasteiger partial charge is 0.408 e. The van der Waals surface area contributed by atoms with E-state index in [4.69, 9.17) is 4.74 Å². The molecule has 154 valence electrons. The lowest BCUT2D eigenvalue weighted by Crippen LogP contribution is -2.35. The number of hydrogen-bond acceptors (Lipinski definition) is 7. The summed E-state index contributed by atoms with van der Waals surface area (Å²) >= 11 is 0. The molecule has 0 amide bonds. The van der Waals surface area contributed by atoms with E-state index in [1.165, 1.54) is 25.3 Å². The Balaban J connectivity index is 2.45. The summed E-state index contributed by atoms with van der Waals surface area (Å²) in [6, 6.07) is 0.344. The van der Waals surface area contributed by atoms with Crippen molar-refractivity contribution < 1.29 is 31.1 Å². The third-order valence-electron chi connectivity index (χ3n) is 3.47. The summed E-state index contributed by atoms with van der Waals surface area (Å²) in [6.07, 6.45) is -9.23. The van der Waals surface area contributed by atoms with Crippen LogP contribution in [0.5, 0.6) is 5.88 Å². The fraction of sp³-hybridized carbons (Fsp3) is 0.467. The second-order valence-electron chi connectivity index (χ2n) is 5.69. The lowest BCUT2D eigenvalue weighted by Gasteiger charge is -2.20. The lowest BCUT2D eigenvalue weighted by atomic mass is 10.3. The third-order valence-corrected chi connectivity index (χ3v) is 3.47. The van der Waals surface area contributed by atoms with Gasteiger partial charge < -0.3 is 15.4 Å². The number of nitrogens with zero attached hydrogens (tertiary/aromatic N) is 4. The topological polar surface area (TPSA) is 84.9 Å². The summed E-state index contributed by atoms with van der Waals surface area (Å²) in [5.74, 6) is -1.19. The van der Waals surface area contributed by atoms with Crippen LogP contribution in [0.4, 0.5) is 38.2 Å². The van der Waals surface area contributed by atoms with E-state index in [0.29, 0.717) is 0 Å². The Kier molecular flexibility index (Phi) is 6.14. The molecule has 28 heavy (non-hydrogen) atoms. The van der Waals surface area contributed by atoms with Crippen LogP contribution in [0.3, 0.4) is 0 Å². The van der Waals surface area contributed by atoms with Crippen LogP contribution >= 0.6 is 0 Å². The molecule has 0 saturated heterocycles. The molecular formula is C15H16F6N6O. The zero-order valence-electron chi connectivity index (χ0n) is 14.9. The maximum atomic E-state index is 12.8. The first-order valence-corrected chi connectivity index (χ1v) is 7.84. The van der Waals surface area contributed by atoms with Gasteiger partial charge in [0.15, 0.2) is 5.82 Å². The molecule has 0 saturated carbocycles. The molecule has 0 fully saturated rings. The van der Waals surface area contributed by atoms with Gasteiger partial charge in [0.2, 0.25) is 17.8 Å². The van der Waals surface area contributed by atoms with Crippen LogP contribution in [0.15, 0.2) is 18.2 Å². The molecule has 2 heterocycles. The molecule has 2 aromatic rings. The number of alkyl halides is 6. The molecule has 0 spiro atoms. The lowest BCUT2D eigenvalue weighted by molar-refractivity contribution is -0.139. The minimum absolute atomic E-state index is 0.0761. The van der Waals surface area contributed by atoms with Gasteiger partial charge in [-0.05, 0) is 19.9 Å². The van der Waals surface area contributed by atoms with Crippen molar-refractivity contribution in [1.29, 1.82) is 0 Å². The molecule has 0 aliphatic heterocycles. The molecule has 0 aliphatic carbocycles. The van der Waals surface area contributed by atoms with Gasteiger partial charge in [0.05, 0.1) is 7.11 Å². The van der Waals surface area contributed by atoms with Gasteiger partial charge in [-0.1, -0.05) is 6.07 Å². The number of aromatic nitrogens is 4. The Morgan fingerprint density at radius 3 is 1.75 bits per heavy atom. The Morgan fingerprint density at radius 2 is 1.32 bits per heavy atom. The van der Waals surface area contributed by atoms with E-state index in [1.54, 1.807) is 0 Å². The van der Waals surface area contributed by atoms with Crippen molar-refractivity contribution in [2.75, 3.05) is 17.7 Å². The minimum Gasteiger partial charge on any atom is -0.481 e. The van der Waals surface area contributed by atoms with Crippen molar-refractivity contribution in [2.45, 2.75) is 38.3 Å². The zero-order valence-corrected chi connectivity index (χ0v) is 14.9. The summed E-state index contributed by atoms with van der Waals surface area (Å²) in [7, 11) is 1.34. The zero-order chi connectivity index (χ0) is 21.1. The van der Waals surface area contributed by atoms with E-state index in [-0.39, 0.29) is 17.4 Å². The van der Waals surface area contributed by atoms with Gasteiger partial charge >= 0.3 is 12.4 Å². The number of ether oxygens (including phenoxy) is 1. The van der Waals surface area contributed by atoms with Crippen molar-refractivity contribution in [1.82, 2.24) is 19.9 Å². The average molecular weight is 410 g/mol. The molecule has 0 bridgehead atoms. The van der Waals surface area contributed by atoms with E-state index in [9.17, 15) is 26.3 Å². The predicted molar refractivity (Wildman–Crippen MR) is 87.9 cm³/mol. The summed E-state index contributed by atoms with van der Waals surface area (Å²) in [5, 5.41) is 4.01. The van der Waals surface area contributed by atoms with E-state index in [2.05, 4.69) is 19.9 Å². The van der Waals surface area contributed by atoms with Gasteiger partial charge in [0.25, 0.3) is 0 Å². The highest BCUT2D eigenvalue weighted by Crippen LogP contribution is 2.26. The molecule has 13 heteroatoms. The fourth-order valence-electron chi connectivity index (χ4n) is 1.82. The van der Waals surface area contributed by atoms with Crippen molar-refractivity contribution in [2.24, 2.45) is 0 Å². The number of hydrogen-bond donors (Lipinski definition) is 2. The maximum Gasteiger partial charge on any atom is 0.408 e. The molecule has 0 aromatic carbocycles. The quantitative estimate of drug-likeness (QED) is 0.703. The van der Waals surface area contributed by atoms with Crippen molar-refractivity contribution in [3.63, 3.8) is 0 Å². The van der Waals surface area contributed by atoms with Gasteiger partial charge in [0, 0.05) is 6.07 Å². The molecule has 2 aromatic heterocycles. The maximum absolute atomic E-state index is 12.8. The monoisotopic (exact) mass is 410 g/mol.